The van der Waals surface area contributed by atoms with Crippen LogP contribution in [-0.2, 0) is 5.11 Å². The Labute approximate surface area is 47.8 Å². The summed E-state index contributed by atoms with van der Waals surface area (Å²) in [4.78, 5) is 3.63. The number of hydrogen-bond donors (Lipinski definition) is 0. The maximum Gasteiger partial charge on any atom is 0.199 e. The Morgan fingerprint density at radius 2 is 2.38 bits per heavy atom. The molecule has 1 aromatic heterocycles. The lowest BCUT2D eigenvalue weighted by atomic mass is 10.3. The maximum atomic E-state index is 10.6. The molecule has 0 aliphatic heterocycles. The third-order valence-electron chi connectivity index (χ3n) is 0.991. The fourth-order valence-electron chi connectivity index (χ4n) is 0.450. The van der Waals surface area contributed by atoms with Gasteiger partial charge in [0.15, 0.2) is 5.75 Å². The van der Waals surface area contributed by atoms with Crippen molar-refractivity contribution in [1.29, 1.82) is 0 Å². The van der Waals surface area contributed by atoms with Crippen molar-refractivity contribution in [2.75, 3.05) is 0 Å². The van der Waals surface area contributed by atoms with Crippen LogP contribution >= 0.6 is 0 Å². The van der Waals surface area contributed by atoms with Gasteiger partial charge in [-0.2, -0.15) is 0 Å². The van der Waals surface area contributed by atoms with Crippen LogP contribution in [0.25, 0.3) is 0 Å². The lowest BCUT2D eigenvalue weighted by Gasteiger charge is -1.87. The van der Waals surface area contributed by atoms with Crippen molar-refractivity contribution in [2.24, 2.45) is 0 Å². The predicted molar refractivity (Wildman–Crippen MR) is 29.1 cm³/mol. The van der Waals surface area contributed by atoms with E-state index in [4.69, 9.17) is 0 Å². The van der Waals surface area contributed by atoms with Gasteiger partial charge in [0.25, 0.3) is 0 Å². The molecule has 2 heteroatoms. The Hall–Kier alpha value is -1.05. The molecule has 0 amide bonds. The molecule has 0 aliphatic rings. The summed E-state index contributed by atoms with van der Waals surface area (Å²) in [5, 5.41) is 10.6. The molecule has 0 fully saturated rings. The van der Waals surface area contributed by atoms with Crippen LogP contribution < -0.4 is 0 Å². The highest BCUT2D eigenvalue weighted by Crippen LogP contribution is 2.11. The molecule has 0 N–H and O–H groups in total. The van der Waals surface area contributed by atoms with Gasteiger partial charge in [-0.3, -0.25) is 10.1 Å². The third kappa shape index (κ3) is 0.780. The Morgan fingerprint density at radius 3 is 2.75 bits per heavy atom. The highest BCUT2D eigenvalue weighted by molar-refractivity contribution is 5.25. The molecule has 41 valence electrons. The fraction of sp³-hybridized carbons (Fsp3) is 0.167. The van der Waals surface area contributed by atoms with Crippen LogP contribution in [0.1, 0.15) is 5.56 Å². The largest absolute Gasteiger partial charge is 0.288 e. The van der Waals surface area contributed by atoms with Gasteiger partial charge in [-0.15, -0.1) is 0 Å². The van der Waals surface area contributed by atoms with Crippen LogP contribution in [0.15, 0.2) is 18.5 Å². The van der Waals surface area contributed by atoms with Gasteiger partial charge in [0, 0.05) is 6.20 Å². The van der Waals surface area contributed by atoms with Crippen molar-refractivity contribution >= 4 is 0 Å². The summed E-state index contributed by atoms with van der Waals surface area (Å²) >= 11 is 0. The first-order valence-corrected chi connectivity index (χ1v) is 2.38. The van der Waals surface area contributed by atoms with Crippen molar-refractivity contribution in [1.82, 2.24) is 4.98 Å². The molecule has 0 saturated heterocycles. The van der Waals surface area contributed by atoms with Gasteiger partial charge in [0.2, 0.25) is 0 Å². The summed E-state index contributed by atoms with van der Waals surface area (Å²) in [6.07, 6.45) is 2.92. The van der Waals surface area contributed by atoms with Crippen LogP contribution in [-0.4, -0.2) is 4.98 Å². The van der Waals surface area contributed by atoms with Crippen molar-refractivity contribution in [2.45, 2.75) is 6.92 Å². The van der Waals surface area contributed by atoms with Crippen LogP contribution in [0.4, 0.5) is 0 Å². The standard InChI is InChI=1S/C6H6NO/c1-5-2-3-7-4-6(5)8/h2-4H,1H3. The Morgan fingerprint density at radius 1 is 1.62 bits per heavy atom. The van der Waals surface area contributed by atoms with Crippen molar-refractivity contribution < 1.29 is 5.11 Å². The van der Waals surface area contributed by atoms with E-state index in [1.807, 2.05) is 0 Å². The van der Waals surface area contributed by atoms with Crippen molar-refractivity contribution in [3.8, 4) is 5.75 Å². The van der Waals surface area contributed by atoms with Gasteiger partial charge in [-0.05, 0) is 18.6 Å². The van der Waals surface area contributed by atoms with Gasteiger partial charge in [-0.1, -0.05) is 0 Å². The van der Waals surface area contributed by atoms with Crippen LogP contribution in [0.5, 0.6) is 5.75 Å². The molecular formula is C6H6NO. The smallest absolute Gasteiger partial charge is 0.199 e. The minimum atomic E-state index is 0.00694. The first-order chi connectivity index (χ1) is 3.80. The summed E-state index contributed by atoms with van der Waals surface area (Å²) in [5.41, 5.74) is 0.750. The number of rotatable bonds is 0. The van der Waals surface area contributed by atoms with E-state index in [9.17, 15) is 5.11 Å². The Balaban J connectivity index is 3.13. The normalized spacial score (nSPS) is 9.12. The first-order valence-electron chi connectivity index (χ1n) is 2.38. The zero-order chi connectivity index (χ0) is 5.98. The highest BCUT2D eigenvalue weighted by Gasteiger charge is 1.91. The molecule has 0 spiro atoms. The second-order valence-electron chi connectivity index (χ2n) is 1.64. The summed E-state index contributed by atoms with van der Waals surface area (Å²) in [6.45, 7) is 1.77. The molecule has 0 aliphatic carbocycles. The minimum Gasteiger partial charge on any atom is -0.288 e. The van der Waals surface area contributed by atoms with Gasteiger partial charge in [-0.25, -0.2) is 0 Å². The number of nitrogens with zero attached hydrogens (tertiary/aromatic N) is 1. The monoisotopic (exact) mass is 108 g/mol. The summed E-state index contributed by atoms with van der Waals surface area (Å²) in [5.74, 6) is 0.00694. The molecule has 0 aromatic carbocycles. The second kappa shape index (κ2) is 1.82. The average molecular weight is 108 g/mol. The van der Waals surface area contributed by atoms with E-state index >= 15 is 0 Å². The molecule has 1 heterocycles. The molecular weight excluding hydrogens is 102 g/mol. The van der Waals surface area contributed by atoms with Crippen LogP contribution in [0.3, 0.4) is 0 Å². The Bertz CT molecular complexity index is 165. The molecule has 1 aromatic rings. The zero-order valence-corrected chi connectivity index (χ0v) is 4.59. The van der Waals surface area contributed by atoms with E-state index < -0.39 is 0 Å². The predicted octanol–water partition coefficient (Wildman–Crippen LogP) is 1.53. The Kier molecular flexibility index (Phi) is 1.16. The van der Waals surface area contributed by atoms with Gasteiger partial charge < -0.3 is 0 Å². The third-order valence-corrected chi connectivity index (χ3v) is 0.991. The molecule has 0 unspecified atom stereocenters. The summed E-state index contributed by atoms with van der Waals surface area (Å²) in [7, 11) is 0. The molecule has 8 heavy (non-hydrogen) atoms. The molecule has 0 saturated carbocycles. The van der Waals surface area contributed by atoms with Crippen LogP contribution in [0, 0.1) is 6.92 Å². The molecule has 0 atom stereocenters. The van der Waals surface area contributed by atoms with Crippen LogP contribution in [0.2, 0.25) is 0 Å². The number of hydrogen-bond acceptors (Lipinski definition) is 1. The van der Waals surface area contributed by atoms with Gasteiger partial charge in [0.1, 0.15) is 0 Å². The van der Waals surface area contributed by atoms with Crippen molar-refractivity contribution in [3.63, 3.8) is 0 Å². The number of aryl methyl sites for hydroxylation is 1. The van der Waals surface area contributed by atoms with E-state index in [1.54, 1.807) is 19.2 Å². The zero-order valence-electron chi connectivity index (χ0n) is 4.59. The SMILES string of the molecule is Cc1ccncc1[O]. The minimum absolute atomic E-state index is 0.00694. The number of pyridine rings is 1. The molecule has 1 rings (SSSR count). The van der Waals surface area contributed by atoms with E-state index in [1.165, 1.54) is 6.20 Å². The average Bonchev–Trinajstić information content (AvgIpc) is 1.77. The molecule has 0 bridgehead atoms. The lowest BCUT2D eigenvalue weighted by molar-refractivity contribution is 0.350. The second-order valence-corrected chi connectivity index (χ2v) is 1.64. The maximum absolute atomic E-state index is 10.6. The topological polar surface area (TPSA) is 32.8 Å². The van der Waals surface area contributed by atoms with E-state index in [2.05, 4.69) is 4.98 Å². The summed E-state index contributed by atoms with van der Waals surface area (Å²) in [6, 6.07) is 1.70. The highest BCUT2D eigenvalue weighted by atomic mass is 16.3. The van der Waals surface area contributed by atoms with E-state index in [-0.39, 0.29) is 5.75 Å². The van der Waals surface area contributed by atoms with Crippen molar-refractivity contribution in [3.05, 3.63) is 24.0 Å². The van der Waals surface area contributed by atoms with E-state index in [0.29, 0.717) is 0 Å². The molecule has 1 radical (unpaired) electrons. The first kappa shape index (κ1) is 5.09. The molecule has 2 nitrogen and oxygen atoms in total. The fourth-order valence-corrected chi connectivity index (χ4v) is 0.450. The van der Waals surface area contributed by atoms with Gasteiger partial charge >= 0.3 is 0 Å². The van der Waals surface area contributed by atoms with Gasteiger partial charge in [0.05, 0.1) is 6.20 Å². The quantitative estimate of drug-likeness (QED) is 0.496. The van der Waals surface area contributed by atoms with E-state index in [0.717, 1.165) is 5.56 Å². The lowest BCUT2D eigenvalue weighted by Crippen LogP contribution is -1.72. The number of aromatic nitrogens is 1. The summed E-state index contributed by atoms with van der Waals surface area (Å²) < 4.78 is 0.